The molecular formula is C24H36N4O2. The smallest absolute Gasteiger partial charge is 0.261 e. The zero-order chi connectivity index (χ0) is 21.1. The zero-order valence-electron chi connectivity index (χ0n) is 18.4. The molecule has 0 amide bonds. The number of nitrogens with zero attached hydrogens (tertiary/aromatic N) is 3. The van der Waals surface area contributed by atoms with E-state index in [2.05, 4.69) is 30.3 Å². The fourth-order valence-electron chi connectivity index (χ4n) is 5.25. The number of fused-ring (bicyclic) bond motifs is 1. The van der Waals surface area contributed by atoms with Crippen molar-refractivity contribution < 1.29 is 5.11 Å². The molecular weight excluding hydrogens is 376 g/mol. The summed E-state index contributed by atoms with van der Waals surface area (Å²) in [6.07, 6.45) is 12.4. The van der Waals surface area contributed by atoms with Crippen molar-refractivity contribution in [2.75, 3.05) is 13.1 Å². The van der Waals surface area contributed by atoms with Gasteiger partial charge < -0.3 is 15.0 Å². The van der Waals surface area contributed by atoms with Crippen molar-refractivity contribution in [1.82, 2.24) is 19.9 Å². The highest BCUT2D eigenvalue weighted by atomic mass is 16.3. The van der Waals surface area contributed by atoms with Gasteiger partial charge in [0, 0.05) is 24.9 Å². The minimum atomic E-state index is -0.192. The van der Waals surface area contributed by atoms with Crippen molar-refractivity contribution in [2.45, 2.75) is 89.7 Å². The van der Waals surface area contributed by atoms with Crippen LogP contribution in [0.5, 0.6) is 0 Å². The summed E-state index contributed by atoms with van der Waals surface area (Å²) in [5.41, 5.74) is 2.08. The lowest BCUT2D eigenvalue weighted by Crippen LogP contribution is -2.35. The predicted molar refractivity (Wildman–Crippen MR) is 120 cm³/mol. The largest absolute Gasteiger partial charge is 0.393 e. The number of aliphatic hydroxyl groups is 1. The van der Waals surface area contributed by atoms with Crippen LogP contribution in [0, 0.1) is 5.92 Å². The molecule has 0 unspecified atom stereocenters. The Hall–Kier alpha value is -1.79. The topological polar surface area (TPSA) is 80.0 Å². The molecule has 2 aromatic rings. The minimum Gasteiger partial charge on any atom is -0.393 e. The minimum absolute atomic E-state index is 0.0460. The highest BCUT2D eigenvalue weighted by molar-refractivity contribution is 5.80. The molecule has 6 nitrogen and oxygen atoms in total. The molecule has 3 heterocycles. The fraction of sp³-hybridized carbons (Fsp3) is 0.708. The summed E-state index contributed by atoms with van der Waals surface area (Å²) >= 11 is 0. The third kappa shape index (κ3) is 4.59. The van der Waals surface area contributed by atoms with Crippen LogP contribution in [0.1, 0.15) is 88.6 Å². The van der Waals surface area contributed by atoms with Crippen molar-refractivity contribution in [1.29, 1.82) is 0 Å². The first-order chi connectivity index (χ1) is 14.6. The van der Waals surface area contributed by atoms with E-state index in [-0.39, 0.29) is 17.7 Å². The van der Waals surface area contributed by atoms with Crippen LogP contribution in [-0.2, 0) is 6.42 Å². The van der Waals surface area contributed by atoms with Gasteiger partial charge in [0.05, 0.1) is 17.0 Å². The van der Waals surface area contributed by atoms with Crippen LogP contribution in [0.3, 0.4) is 0 Å². The normalized spacial score (nSPS) is 24.2. The van der Waals surface area contributed by atoms with Gasteiger partial charge in [0.2, 0.25) is 0 Å². The molecule has 2 aromatic heterocycles. The van der Waals surface area contributed by atoms with Gasteiger partial charge in [-0.3, -0.25) is 4.79 Å². The summed E-state index contributed by atoms with van der Waals surface area (Å²) in [4.78, 5) is 22.9. The van der Waals surface area contributed by atoms with Crippen molar-refractivity contribution in [2.24, 2.45) is 5.92 Å². The molecule has 30 heavy (non-hydrogen) atoms. The number of aliphatic hydroxyl groups excluding tert-OH is 1. The summed E-state index contributed by atoms with van der Waals surface area (Å²) in [7, 11) is 0. The van der Waals surface area contributed by atoms with Crippen LogP contribution in [0.2, 0.25) is 0 Å². The van der Waals surface area contributed by atoms with Crippen molar-refractivity contribution in [3.05, 3.63) is 34.1 Å². The van der Waals surface area contributed by atoms with Crippen LogP contribution < -0.4 is 10.9 Å². The SMILES string of the molecule is CCC[C@H](C)Cc1ncc2c(=O)n(C3CCNCC3)cc(C3CCC(O)CC3)c2n1. The van der Waals surface area contributed by atoms with Gasteiger partial charge in [-0.1, -0.05) is 26.7 Å². The number of hydrogen-bond donors (Lipinski definition) is 2. The lowest BCUT2D eigenvalue weighted by Gasteiger charge is -2.29. The van der Waals surface area contributed by atoms with E-state index in [9.17, 15) is 9.90 Å². The first-order valence-electron chi connectivity index (χ1n) is 11.9. The average Bonchev–Trinajstić information content (AvgIpc) is 2.75. The summed E-state index contributed by atoms with van der Waals surface area (Å²) < 4.78 is 1.96. The van der Waals surface area contributed by atoms with Crippen LogP contribution >= 0.6 is 0 Å². The summed E-state index contributed by atoms with van der Waals surface area (Å²) in [5.74, 6) is 1.73. The zero-order valence-corrected chi connectivity index (χ0v) is 18.4. The van der Waals surface area contributed by atoms with Gasteiger partial charge in [0.1, 0.15) is 5.82 Å². The molecule has 1 saturated heterocycles. The van der Waals surface area contributed by atoms with Crippen LogP contribution in [-0.4, -0.2) is 38.8 Å². The second-order valence-electron chi connectivity index (χ2n) is 9.43. The molecule has 0 spiro atoms. The van der Waals surface area contributed by atoms with E-state index in [1.807, 2.05) is 4.57 Å². The molecule has 2 N–H and O–H groups in total. The number of nitrogens with one attached hydrogen (secondary N) is 1. The van der Waals surface area contributed by atoms with Gasteiger partial charge >= 0.3 is 0 Å². The Balaban J connectivity index is 1.78. The predicted octanol–water partition coefficient (Wildman–Crippen LogP) is 3.71. The second kappa shape index (κ2) is 9.56. The Kier molecular flexibility index (Phi) is 6.84. The van der Waals surface area contributed by atoms with Crippen LogP contribution in [0.4, 0.5) is 0 Å². The van der Waals surface area contributed by atoms with Gasteiger partial charge in [-0.2, -0.15) is 0 Å². The van der Waals surface area contributed by atoms with E-state index >= 15 is 0 Å². The summed E-state index contributed by atoms with van der Waals surface area (Å²) in [5, 5.41) is 14.0. The van der Waals surface area contributed by atoms with Crippen LogP contribution in [0.15, 0.2) is 17.2 Å². The van der Waals surface area contributed by atoms with E-state index in [0.29, 0.717) is 17.2 Å². The molecule has 6 heteroatoms. The van der Waals surface area contributed by atoms with E-state index in [1.54, 1.807) is 6.20 Å². The number of hydrogen-bond acceptors (Lipinski definition) is 5. The fourth-order valence-corrected chi connectivity index (χ4v) is 5.25. The Morgan fingerprint density at radius 1 is 1.20 bits per heavy atom. The third-order valence-electron chi connectivity index (χ3n) is 7.01. The van der Waals surface area contributed by atoms with Crippen LogP contribution in [0.25, 0.3) is 10.9 Å². The first kappa shape index (κ1) is 21.4. The Morgan fingerprint density at radius 3 is 2.63 bits per heavy atom. The molecule has 2 fully saturated rings. The van der Waals surface area contributed by atoms with Gasteiger partial charge in [-0.05, 0) is 69.0 Å². The van der Waals surface area contributed by atoms with Gasteiger partial charge in [-0.15, -0.1) is 0 Å². The molecule has 2 aliphatic rings. The van der Waals surface area contributed by atoms with Crippen molar-refractivity contribution >= 4 is 10.9 Å². The summed E-state index contributed by atoms with van der Waals surface area (Å²) in [6, 6.07) is 0.236. The number of aromatic nitrogens is 3. The molecule has 4 rings (SSSR count). The molecule has 1 aliphatic heterocycles. The highest BCUT2D eigenvalue weighted by Gasteiger charge is 2.26. The average molecular weight is 413 g/mol. The Morgan fingerprint density at radius 2 is 1.93 bits per heavy atom. The molecule has 1 aliphatic carbocycles. The molecule has 0 radical (unpaired) electrons. The maximum absolute atomic E-state index is 13.4. The monoisotopic (exact) mass is 412 g/mol. The van der Waals surface area contributed by atoms with Gasteiger partial charge in [-0.25, -0.2) is 9.97 Å². The van der Waals surface area contributed by atoms with E-state index in [4.69, 9.17) is 4.98 Å². The van der Waals surface area contributed by atoms with Crippen molar-refractivity contribution in [3.63, 3.8) is 0 Å². The molecule has 0 bridgehead atoms. The lowest BCUT2D eigenvalue weighted by atomic mass is 9.82. The van der Waals surface area contributed by atoms with E-state index in [1.165, 1.54) is 5.56 Å². The van der Waals surface area contributed by atoms with Gasteiger partial charge in [0.25, 0.3) is 5.56 Å². The van der Waals surface area contributed by atoms with Crippen molar-refractivity contribution in [3.8, 4) is 0 Å². The van der Waals surface area contributed by atoms with E-state index < -0.39 is 0 Å². The standard InChI is InChI=1S/C24H36N4O2/c1-3-4-16(2)13-22-26-14-20-23(27-22)21(17-5-7-19(29)8-6-17)15-28(24(20)30)18-9-11-25-12-10-18/h14-19,25,29H,3-13H2,1-2H3/t16-,17?,19?/m0/s1. The maximum Gasteiger partial charge on any atom is 0.261 e. The highest BCUT2D eigenvalue weighted by Crippen LogP contribution is 2.36. The molecule has 1 atom stereocenters. The third-order valence-corrected chi connectivity index (χ3v) is 7.01. The van der Waals surface area contributed by atoms with E-state index in [0.717, 1.165) is 82.2 Å². The molecule has 1 saturated carbocycles. The Labute approximate surface area is 179 Å². The summed E-state index contributed by atoms with van der Waals surface area (Å²) in [6.45, 7) is 6.35. The van der Waals surface area contributed by atoms with Gasteiger partial charge in [0.15, 0.2) is 0 Å². The lowest BCUT2D eigenvalue weighted by molar-refractivity contribution is 0.122. The molecule has 0 aromatic carbocycles. The quantitative estimate of drug-likeness (QED) is 0.756. The molecule has 164 valence electrons. The number of rotatable bonds is 6. The second-order valence-corrected chi connectivity index (χ2v) is 9.43. The number of pyridine rings is 1. The first-order valence-corrected chi connectivity index (χ1v) is 11.9. The Bertz CT molecular complexity index is 911. The number of piperidine rings is 1. The maximum atomic E-state index is 13.4.